The number of ether oxygens (including phenoxy) is 1. The van der Waals surface area contributed by atoms with Crippen molar-refractivity contribution in [2.24, 2.45) is 23.7 Å². The molecule has 0 unspecified atom stereocenters. The number of furan rings is 1. The summed E-state index contributed by atoms with van der Waals surface area (Å²) in [7, 11) is 0. The number of nitro benzene ring substituents is 1. The van der Waals surface area contributed by atoms with Crippen LogP contribution in [0.25, 0.3) is 0 Å². The van der Waals surface area contributed by atoms with Gasteiger partial charge in [0.2, 0.25) is 0 Å². The Hall–Kier alpha value is -2.83. The second kappa shape index (κ2) is 7.21. The highest BCUT2D eigenvalue weighted by molar-refractivity contribution is 5.91. The van der Waals surface area contributed by atoms with Crippen LogP contribution in [0, 0.1) is 33.8 Å². The quantitative estimate of drug-likeness (QED) is 0.580. The van der Waals surface area contributed by atoms with E-state index in [2.05, 4.69) is 5.32 Å². The lowest BCUT2D eigenvalue weighted by Gasteiger charge is -2.54. The molecule has 4 saturated carbocycles. The zero-order valence-electron chi connectivity index (χ0n) is 16.1. The largest absolute Gasteiger partial charge is 0.479 e. The zero-order valence-corrected chi connectivity index (χ0v) is 16.1. The lowest BCUT2D eigenvalue weighted by Crippen LogP contribution is -2.55. The van der Waals surface area contributed by atoms with E-state index in [0.717, 1.165) is 11.8 Å². The van der Waals surface area contributed by atoms with Gasteiger partial charge in [0.15, 0.2) is 11.5 Å². The van der Waals surface area contributed by atoms with Crippen molar-refractivity contribution in [1.82, 2.24) is 5.32 Å². The van der Waals surface area contributed by atoms with Crippen molar-refractivity contribution in [3.63, 3.8) is 0 Å². The summed E-state index contributed by atoms with van der Waals surface area (Å²) in [5.74, 6) is 3.64. The zero-order chi connectivity index (χ0) is 20.0. The number of carbonyl (C=O) groups excluding carboxylic acids is 1. The fourth-order valence-electron chi connectivity index (χ4n) is 5.84. The molecular formula is C22H24N2O5. The molecule has 0 saturated heterocycles. The Morgan fingerprint density at radius 2 is 1.76 bits per heavy atom. The molecule has 4 bridgehead atoms. The van der Waals surface area contributed by atoms with Gasteiger partial charge in [-0.2, -0.15) is 0 Å². The first-order valence-electron chi connectivity index (χ1n) is 10.3. The summed E-state index contributed by atoms with van der Waals surface area (Å²) in [6, 6.07) is 9.78. The molecule has 1 N–H and O–H groups in total. The van der Waals surface area contributed by atoms with E-state index in [9.17, 15) is 14.9 Å². The number of hydrogen-bond donors (Lipinski definition) is 1. The molecule has 0 aliphatic heterocycles. The number of para-hydroxylation sites is 2. The summed E-state index contributed by atoms with van der Waals surface area (Å²) >= 11 is 0. The van der Waals surface area contributed by atoms with E-state index in [0.29, 0.717) is 17.6 Å². The first kappa shape index (κ1) is 18.2. The molecule has 1 aromatic carbocycles. The molecular weight excluding hydrogens is 372 g/mol. The van der Waals surface area contributed by atoms with Gasteiger partial charge in [-0.05, 0) is 74.0 Å². The normalized spacial score (nSPS) is 29.6. The Morgan fingerprint density at radius 1 is 1.07 bits per heavy atom. The van der Waals surface area contributed by atoms with Gasteiger partial charge < -0.3 is 14.5 Å². The lowest BCUT2D eigenvalue weighted by atomic mass is 9.54. The Labute approximate surface area is 168 Å². The van der Waals surface area contributed by atoms with Crippen molar-refractivity contribution in [2.45, 2.75) is 44.8 Å². The Morgan fingerprint density at radius 3 is 2.45 bits per heavy atom. The van der Waals surface area contributed by atoms with Crippen LogP contribution in [-0.4, -0.2) is 16.9 Å². The molecule has 0 spiro atoms. The molecule has 7 heteroatoms. The summed E-state index contributed by atoms with van der Waals surface area (Å²) in [5, 5.41) is 14.3. The van der Waals surface area contributed by atoms with Gasteiger partial charge in [0.1, 0.15) is 12.4 Å². The third-order valence-corrected chi connectivity index (χ3v) is 6.84. The minimum Gasteiger partial charge on any atom is -0.479 e. The summed E-state index contributed by atoms with van der Waals surface area (Å²) in [6.07, 6.45) is 6.35. The molecule has 4 aliphatic rings. The third-order valence-electron chi connectivity index (χ3n) is 6.84. The highest BCUT2D eigenvalue weighted by atomic mass is 16.6. The van der Waals surface area contributed by atoms with Gasteiger partial charge in [0.05, 0.1) is 4.92 Å². The Balaban J connectivity index is 1.21. The first-order chi connectivity index (χ1) is 14.1. The third kappa shape index (κ3) is 3.50. The highest BCUT2D eigenvalue weighted by Crippen LogP contribution is 2.53. The fraction of sp³-hybridized carbons (Fsp3) is 0.500. The van der Waals surface area contributed by atoms with Gasteiger partial charge in [-0.3, -0.25) is 14.9 Å². The summed E-state index contributed by atoms with van der Waals surface area (Å²) in [5.41, 5.74) is -0.0982. The van der Waals surface area contributed by atoms with Crippen molar-refractivity contribution in [3.8, 4) is 5.75 Å². The molecule has 1 heterocycles. The Bertz CT molecular complexity index is 909. The molecule has 4 aliphatic carbocycles. The number of benzene rings is 1. The van der Waals surface area contributed by atoms with Crippen LogP contribution in [0.1, 0.15) is 48.4 Å². The number of hydrogen-bond acceptors (Lipinski definition) is 5. The fourth-order valence-corrected chi connectivity index (χ4v) is 5.84. The molecule has 152 valence electrons. The van der Waals surface area contributed by atoms with E-state index >= 15 is 0 Å². The lowest BCUT2D eigenvalue weighted by molar-refractivity contribution is -0.386. The van der Waals surface area contributed by atoms with Crippen LogP contribution in [0.3, 0.4) is 0 Å². The molecule has 0 atom stereocenters. The van der Waals surface area contributed by atoms with Crippen molar-refractivity contribution in [2.75, 3.05) is 0 Å². The summed E-state index contributed by atoms with van der Waals surface area (Å²) in [4.78, 5) is 23.3. The SMILES string of the molecule is O=C(NC1C2CC3CC(C2)CC1C3)c1ccc(COc2ccccc2[N+](=O)[O-])o1. The minimum atomic E-state index is -0.485. The smallest absolute Gasteiger partial charge is 0.310 e. The predicted octanol–water partition coefficient (Wildman–Crippen LogP) is 4.32. The van der Waals surface area contributed by atoms with Crippen LogP contribution >= 0.6 is 0 Å². The van der Waals surface area contributed by atoms with E-state index in [1.54, 1.807) is 30.3 Å². The van der Waals surface area contributed by atoms with E-state index in [1.165, 1.54) is 38.2 Å². The van der Waals surface area contributed by atoms with Gasteiger partial charge in [0.25, 0.3) is 5.91 Å². The average Bonchev–Trinajstić information content (AvgIpc) is 3.18. The second-order valence-corrected chi connectivity index (χ2v) is 8.71. The van der Waals surface area contributed by atoms with Gasteiger partial charge >= 0.3 is 5.69 Å². The van der Waals surface area contributed by atoms with E-state index in [-0.39, 0.29) is 35.8 Å². The summed E-state index contributed by atoms with van der Waals surface area (Å²) < 4.78 is 11.2. The van der Waals surface area contributed by atoms with Crippen LogP contribution in [0.5, 0.6) is 5.75 Å². The molecule has 29 heavy (non-hydrogen) atoms. The van der Waals surface area contributed by atoms with Gasteiger partial charge in [-0.25, -0.2) is 0 Å². The van der Waals surface area contributed by atoms with Crippen molar-refractivity contribution >= 4 is 11.6 Å². The Kier molecular flexibility index (Phi) is 4.53. The van der Waals surface area contributed by atoms with Crippen LogP contribution in [-0.2, 0) is 6.61 Å². The van der Waals surface area contributed by atoms with E-state index < -0.39 is 4.92 Å². The van der Waals surface area contributed by atoms with Crippen LogP contribution in [0.15, 0.2) is 40.8 Å². The number of rotatable bonds is 6. The number of amides is 1. The topological polar surface area (TPSA) is 94.6 Å². The predicted molar refractivity (Wildman–Crippen MR) is 104 cm³/mol. The molecule has 4 fully saturated rings. The second-order valence-electron chi connectivity index (χ2n) is 8.71. The van der Waals surface area contributed by atoms with Crippen molar-refractivity contribution < 1.29 is 18.9 Å². The highest BCUT2D eigenvalue weighted by Gasteiger charge is 2.48. The average molecular weight is 396 g/mol. The molecule has 7 nitrogen and oxygen atoms in total. The minimum absolute atomic E-state index is 0.0240. The van der Waals surface area contributed by atoms with Crippen LogP contribution in [0.2, 0.25) is 0 Å². The first-order valence-corrected chi connectivity index (χ1v) is 10.3. The maximum Gasteiger partial charge on any atom is 0.310 e. The van der Waals surface area contributed by atoms with Crippen LogP contribution in [0.4, 0.5) is 5.69 Å². The number of nitrogens with zero attached hydrogens (tertiary/aromatic N) is 1. The monoisotopic (exact) mass is 396 g/mol. The van der Waals surface area contributed by atoms with Gasteiger partial charge in [0, 0.05) is 12.1 Å². The summed E-state index contributed by atoms with van der Waals surface area (Å²) in [6.45, 7) is 0.0240. The van der Waals surface area contributed by atoms with Crippen molar-refractivity contribution in [3.05, 3.63) is 58.0 Å². The number of carbonyl (C=O) groups is 1. The van der Waals surface area contributed by atoms with E-state index in [4.69, 9.17) is 9.15 Å². The van der Waals surface area contributed by atoms with Crippen molar-refractivity contribution in [1.29, 1.82) is 0 Å². The maximum absolute atomic E-state index is 12.7. The molecule has 2 aromatic rings. The van der Waals surface area contributed by atoms with Gasteiger partial charge in [-0.1, -0.05) is 12.1 Å². The van der Waals surface area contributed by atoms with Gasteiger partial charge in [-0.15, -0.1) is 0 Å². The standard InChI is InChI=1S/C22H24N2O5/c25-22(23-21-15-8-13-7-14(10-15)11-16(21)9-13)20-6-5-17(29-20)12-28-19-4-2-1-3-18(19)24(26)27/h1-6,13-16,21H,7-12H2,(H,23,25). The number of nitro groups is 1. The molecule has 6 rings (SSSR count). The van der Waals surface area contributed by atoms with E-state index in [1.807, 2.05) is 0 Å². The molecule has 0 radical (unpaired) electrons. The molecule has 1 amide bonds. The van der Waals surface area contributed by atoms with Crippen LogP contribution < -0.4 is 10.1 Å². The number of nitrogens with one attached hydrogen (secondary N) is 1. The molecule has 1 aromatic heterocycles. The maximum atomic E-state index is 12.7.